The highest BCUT2D eigenvalue weighted by Crippen LogP contribution is 2.32. The Hall–Kier alpha value is -3.34. The SMILES string of the molecule is COc1cc(F)c([N+](=O)[O-])c(NCCOc2ccc(C#N)cc2)c1. The van der Waals surface area contributed by atoms with Crippen LogP contribution in [0, 0.1) is 27.3 Å². The summed E-state index contributed by atoms with van der Waals surface area (Å²) in [5.41, 5.74) is -0.114. The average Bonchev–Trinajstić information content (AvgIpc) is 2.58. The predicted molar refractivity (Wildman–Crippen MR) is 84.7 cm³/mol. The number of methoxy groups -OCH3 is 1. The molecule has 0 amide bonds. The number of ether oxygens (including phenoxy) is 2. The van der Waals surface area contributed by atoms with Crippen molar-refractivity contribution in [3.8, 4) is 17.6 Å². The van der Waals surface area contributed by atoms with Crippen LogP contribution in [0.1, 0.15) is 5.56 Å². The Morgan fingerprint density at radius 1 is 1.29 bits per heavy atom. The fraction of sp³-hybridized carbons (Fsp3) is 0.188. The molecule has 24 heavy (non-hydrogen) atoms. The van der Waals surface area contributed by atoms with E-state index in [9.17, 15) is 14.5 Å². The van der Waals surface area contributed by atoms with Crippen LogP contribution in [0.4, 0.5) is 15.8 Å². The van der Waals surface area contributed by atoms with E-state index in [1.165, 1.54) is 13.2 Å². The maximum Gasteiger partial charge on any atom is 0.327 e. The molecule has 0 spiro atoms. The zero-order valence-electron chi connectivity index (χ0n) is 12.8. The number of nitrogens with zero attached hydrogens (tertiary/aromatic N) is 2. The average molecular weight is 331 g/mol. The summed E-state index contributed by atoms with van der Waals surface area (Å²) >= 11 is 0. The molecule has 7 nitrogen and oxygen atoms in total. The second-order valence-electron chi connectivity index (χ2n) is 4.67. The molecule has 0 heterocycles. The first-order valence-corrected chi connectivity index (χ1v) is 6.94. The lowest BCUT2D eigenvalue weighted by molar-refractivity contribution is -0.386. The second-order valence-corrected chi connectivity index (χ2v) is 4.67. The Balaban J connectivity index is 1.99. The van der Waals surface area contributed by atoms with Crippen molar-refractivity contribution in [3.63, 3.8) is 0 Å². The molecular formula is C16H14FN3O4. The number of nitro benzene ring substituents is 1. The predicted octanol–water partition coefficient (Wildman–Crippen LogP) is 3.11. The largest absolute Gasteiger partial charge is 0.497 e. The number of anilines is 1. The number of halogens is 1. The highest BCUT2D eigenvalue weighted by Gasteiger charge is 2.21. The van der Waals surface area contributed by atoms with Gasteiger partial charge in [-0.3, -0.25) is 10.1 Å². The van der Waals surface area contributed by atoms with Crippen LogP contribution in [-0.4, -0.2) is 25.2 Å². The minimum Gasteiger partial charge on any atom is -0.497 e. The molecule has 0 aliphatic carbocycles. The van der Waals surface area contributed by atoms with Gasteiger partial charge in [0.05, 0.1) is 23.7 Å². The van der Waals surface area contributed by atoms with Crippen molar-refractivity contribution >= 4 is 11.4 Å². The van der Waals surface area contributed by atoms with Crippen LogP contribution in [0.3, 0.4) is 0 Å². The lowest BCUT2D eigenvalue weighted by Crippen LogP contribution is -2.13. The van der Waals surface area contributed by atoms with Gasteiger partial charge in [-0.15, -0.1) is 0 Å². The molecule has 0 bridgehead atoms. The number of nitrogens with one attached hydrogen (secondary N) is 1. The maximum atomic E-state index is 13.8. The molecular weight excluding hydrogens is 317 g/mol. The molecule has 0 unspecified atom stereocenters. The molecule has 2 rings (SSSR count). The minimum atomic E-state index is -0.977. The molecule has 1 N–H and O–H groups in total. The summed E-state index contributed by atoms with van der Waals surface area (Å²) in [6.45, 7) is 0.412. The van der Waals surface area contributed by atoms with Gasteiger partial charge in [0.2, 0.25) is 5.82 Å². The van der Waals surface area contributed by atoms with Crippen molar-refractivity contribution in [1.29, 1.82) is 5.26 Å². The molecule has 0 radical (unpaired) electrons. The Bertz CT molecular complexity index is 772. The summed E-state index contributed by atoms with van der Waals surface area (Å²) in [4.78, 5) is 10.2. The third-order valence-electron chi connectivity index (χ3n) is 3.12. The number of rotatable bonds is 7. The van der Waals surface area contributed by atoms with Crippen LogP contribution in [0.25, 0.3) is 0 Å². The van der Waals surface area contributed by atoms with Gasteiger partial charge in [-0.2, -0.15) is 9.65 Å². The topological polar surface area (TPSA) is 97.4 Å². The van der Waals surface area contributed by atoms with E-state index in [0.717, 1.165) is 6.07 Å². The Morgan fingerprint density at radius 3 is 2.58 bits per heavy atom. The van der Waals surface area contributed by atoms with Crippen LogP contribution < -0.4 is 14.8 Å². The molecule has 8 heteroatoms. The van der Waals surface area contributed by atoms with E-state index >= 15 is 0 Å². The van der Waals surface area contributed by atoms with Gasteiger partial charge in [-0.05, 0) is 24.3 Å². The van der Waals surface area contributed by atoms with E-state index in [4.69, 9.17) is 14.7 Å². The smallest absolute Gasteiger partial charge is 0.327 e. The first kappa shape index (κ1) is 17.0. The lowest BCUT2D eigenvalue weighted by atomic mass is 10.2. The lowest BCUT2D eigenvalue weighted by Gasteiger charge is -2.10. The van der Waals surface area contributed by atoms with Gasteiger partial charge in [0, 0.05) is 18.7 Å². The second kappa shape index (κ2) is 7.78. The number of nitro groups is 1. The van der Waals surface area contributed by atoms with E-state index in [2.05, 4.69) is 5.32 Å². The Kier molecular flexibility index (Phi) is 5.52. The summed E-state index contributed by atoms with van der Waals surface area (Å²) in [6, 6.07) is 10.8. The minimum absolute atomic E-state index is 0.0141. The number of hydrogen-bond donors (Lipinski definition) is 1. The summed E-state index contributed by atoms with van der Waals surface area (Å²) in [6.07, 6.45) is 0. The van der Waals surface area contributed by atoms with Gasteiger partial charge in [-0.25, -0.2) is 0 Å². The third kappa shape index (κ3) is 4.10. The highest BCUT2D eigenvalue weighted by molar-refractivity contribution is 5.65. The van der Waals surface area contributed by atoms with Crippen LogP contribution in [0.2, 0.25) is 0 Å². The van der Waals surface area contributed by atoms with Gasteiger partial charge >= 0.3 is 5.69 Å². The van der Waals surface area contributed by atoms with E-state index in [0.29, 0.717) is 11.3 Å². The van der Waals surface area contributed by atoms with Gasteiger partial charge in [0.15, 0.2) is 0 Å². The fourth-order valence-corrected chi connectivity index (χ4v) is 1.99. The fourth-order valence-electron chi connectivity index (χ4n) is 1.99. The third-order valence-corrected chi connectivity index (χ3v) is 3.12. The van der Waals surface area contributed by atoms with Crippen LogP contribution in [0.5, 0.6) is 11.5 Å². The van der Waals surface area contributed by atoms with Crippen LogP contribution >= 0.6 is 0 Å². The molecule has 0 atom stereocenters. The van der Waals surface area contributed by atoms with Crippen molar-refractivity contribution < 1.29 is 18.8 Å². The first-order valence-electron chi connectivity index (χ1n) is 6.94. The number of benzene rings is 2. The Morgan fingerprint density at radius 2 is 2.00 bits per heavy atom. The van der Waals surface area contributed by atoms with E-state index in [-0.39, 0.29) is 24.6 Å². The van der Waals surface area contributed by atoms with Crippen molar-refractivity contribution in [2.75, 3.05) is 25.6 Å². The molecule has 2 aromatic rings. The molecule has 0 aliphatic rings. The monoisotopic (exact) mass is 331 g/mol. The zero-order valence-corrected chi connectivity index (χ0v) is 12.8. The number of nitriles is 1. The zero-order chi connectivity index (χ0) is 17.5. The standard InChI is InChI=1S/C16H14FN3O4/c1-23-13-8-14(17)16(20(21)22)15(9-13)19-6-7-24-12-4-2-11(10-18)3-5-12/h2-5,8-9,19H,6-7H2,1H3. The van der Waals surface area contributed by atoms with Crippen molar-refractivity contribution in [1.82, 2.24) is 0 Å². The summed E-state index contributed by atoms with van der Waals surface area (Å²) in [5.74, 6) is -0.245. The van der Waals surface area contributed by atoms with E-state index < -0.39 is 16.4 Å². The summed E-state index contributed by atoms with van der Waals surface area (Å²) < 4.78 is 24.1. The van der Waals surface area contributed by atoms with Gasteiger partial charge in [0.25, 0.3) is 0 Å². The van der Waals surface area contributed by atoms with Crippen molar-refractivity contribution in [2.24, 2.45) is 0 Å². The van der Waals surface area contributed by atoms with Gasteiger partial charge in [0.1, 0.15) is 23.8 Å². The van der Waals surface area contributed by atoms with Gasteiger partial charge < -0.3 is 14.8 Å². The Labute approximate surface area is 137 Å². The summed E-state index contributed by atoms with van der Waals surface area (Å²) in [7, 11) is 1.35. The molecule has 2 aromatic carbocycles. The van der Waals surface area contributed by atoms with E-state index in [1.807, 2.05) is 6.07 Å². The molecule has 0 aromatic heterocycles. The van der Waals surface area contributed by atoms with Crippen LogP contribution in [0.15, 0.2) is 36.4 Å². The normalized spacial score (nSPS) is 9.88. The molecule has 0 fully saturated rings. The molecule has 0 saturated heterocycles. The molecule has 0 aliphatic heterocycles. The quantitative estimate of drug-likeness (QED) is 0.475. The maximum absolute atomic E-state index is 13.8. The van der Waals surface area contributed by atoms with Gasteiger partial charge in [-0.1, -0.05) is 0 Å². The highest BCUT2D eigenvalue weighted by atomic mass is 19.1. The summed E-state index contributed by atoms with van der Waals surface area (Å²) in [5, 5.41) is 22.5. The van der Waals surface area contributed by atoms with Crippen LogP contribution in [-0.2, 0) is 0 Å². The molecule has 0 saturated carbocycles. The van der Waals surface area contributed by atoms with Crippen molar-refractivity contribution in [2.45, 2.75) is 0 Å². The van der Waals surface area contributed by atoms with Crippen molar-refractivity contribution in [3.05, 3.63) is 57.9 Å². The number of hydrogen-bond acceptors (Lipinski definition) is 6. The first-order chi connectivity index (χ1) is 11.5. The molecule has 124 valence electrons. The van der Waals surface area contributed by atoms with E-state index in [1.54, 1.807) is 24.3 Å².